The standard InChI is InChI=1S/C19H17ClN4O3/c1-12(18(25)22-14-8-9-17(27-2)15(20)10-14)24-19(26)23-16(11-21-24)13-6-4-3-5-7-13/h3-12H,1-2H3,(H,22,25)/t12-/m1/s1. The summed E-state index contributed by atoms with van der Waals surface area (Å²) >= 11 is 6.06. The molecule has 7 nitrogen and oxygen atoms in total. The van der Waals surface area contributed by atoms with Crippen LogP contribution in [0.5, 0.6) is 5.75 Å². The molecule has 0 saturated carbocycles. The summed E-state index contributed by atoms with van der Waals surface area (Å²) in [6, 6.07) is 13.2. The summed E-state index contributed by atoms with van der Waals surface area (Å²) < 4.78 is 6.11. The summed E-state index contributed by atoms with van der Waals surface area (Å²) in [5.41, 5.74) is 1.11. The van der Waals surface area contributed by atoms with Crippen molar-refractivity contribution in [1.82, 2.24) is 14.8 Å². The Labute approximate surface area is 160 Å². The van der Waals surface area contributed by atoms with Crippen LogP contribution >= 0.6 is 11.6 Å². The maximum atomic E-state index is 12.5. The molecule has 3 aromatic rings. The molecule has 0 aliphatic heterocycles. The Morgan fingerprint density at radius 1 is 1.22 bits per heavy atom. The van der Waals surface area contributed by atoms with E-state index in [-0.39, 0.29) is 0 Å². The summed E-state index contributed by atoms with van der Waals surface area (Å²) in [4.78, 5) is 28.8. The Balaban J connectivity index is 1.79. The average Bonchev–Trinajstić information content (AvgIpc) is 2.68. The summed E-state index contributed by atoms with van der Waals surface area (Å²) in [7, 11) is 1.51. The number of nitrogens with one attached hydrogen (secondary N) is 1. The Hall–Kier alpha value is -3.19. The molecule has 27 heavy (non-hydrogen) atoms. The van der Waals surface area contributed by atoms with Crippen LogP contribution in [0.15, 0.2) is 59.5 Å². The van der Waals surface area contributed by atoms with Gasteiger partial charge in [0, 0.05) is 11.3 Å². The Morgan fingerprint density at radius 3 is 2.59 bits per heavy atom. The fourth-order valence-corrected chi connectivity index (χ4v) is 2.72. The quantitative estimate of drug-likeness (QED) is 0.730. The van der Waals surface area contributed by atoms with Crippen LogP contribution in [0.1, 0.15) is 13.0 Å². The number of carbonyl (C=O) groups excluding carboxylic acids is 1. The molecule has 1 atom stereocenters. The molecule has 0 spiro atoms. The number of hydrogen-bond acceptors (Lipinski definition) is 5. The third kappa shape index (κ3) is 4.15. The van der Waals surface area contributed by atoms with Crippen LogP contribution < -0.4 is 15.7 Å². The molecule has 0 fully saturated rings. The Bertz CT molecular complexity index is 1020. The van der Waals surface area contributed by atoms with Crippen LogP contribution in [0.2, 0.25) is 5.02 Å². The normalized spacial score (nSPS) is 11.7. The minimum Gasteiger partial charge on any atom is -0.495 e. The zero-order valence-electron chi connectivity index (χ0n) is 14.7. The van der Waals surface area contributed by atoms with E-state index in [0.717, 1.165) is 10.2 Å². The van der Waals surface area contributed by atoms with Gasteiger partial charge in [-0.1, -0.05) is 41.9 Å². The number of carbonyl (C=O) groups is 1. The lowest BCUT2D eigenvalue weighted by Crippen LogP contribution is -2.34. The lowest BCUT2D eigenvalue weighted by atomic mass is 10.2. The summed E-state index contributed by atoms with van der Waals surface area (Å²) in [5, 5.41) is 7.16. The van der Waals surface area contributed by atoms with Crippen molar-refractivity contribution in [2.75, 3.05) is 12.4 Å². The number of halogens is 1. The molecular weight excluding hydrogens is 368 g/mol. The van der Waals surface area contributed by atoms with Gasteiger partial charge in [0.25, 0.3) is 0 Å². The van der Waals surface area contributed by atoms with E-state index < -0.39 is 17.6 Å². The zero-order chi connectivity index (χ0) is 19.4. The molecule has 1 heterocycles. The molecule has 8 heteroatoms. The lowest BCUT2D eigenvalue weighted by Gasteiger charge is -2.14. The van der Waals surface area contributed by atoms with E-state index in [4.69, 9.17) is 16.3 Å². The van der Waals surface area contributed by atoms with Gasteiger partial charge in [0.1, 0.15) is 11.8 Å². The predicted molar refractivity (Wildman–Crippen MR) is 103 cm³/mol. The van der Waals surface area contributed by atoms with Crippen molar-refractivity contribution in [2.45, 2.75) is 13.0 Å². The first-order valence-electron chi connectivity index (χ1n) is 8.15. The van der Waals surface area contributed by atoms with Gasteiger partial charge in [-0.25, -0.2) is 9.48 Å². The van der Waals surface area contributed by atoms with Crippen LogP contribution in [0.3, 0.4) is 0 Å². The molecule has 0 bridgehead atoms. The van der Waals surface area contributed by atoms with Gasteiger partial charge >= 0.3 is 5.69 Å². The number of rotatable bonds is 5. The van der Waals surface area contributed by atoms with Gasteiger partial charge in [0.2, 0.25) is 5.91 Å². The van der Waals surface area contributed by atoms with Crippen LogP contribution in [0, 0.1) is 0 Å². The van der Waals surface area contributed by atoms with Gasteiger partial charge in [0.15, 0.2) is 0 Å². The number of benzene rings is 2. The van der Waals surface area contributed by atoms with Crippen LogP contribution in [0.25, 0.3) is 11.3 Å². The van der Waals surface area contributed by atoms with Crippen molar-refractivity contribution in [3.63, 3.8) is 0 Å². The lowest BCUT2D eigenvalue weighted by molar-refractivity contribution is -0.119. The molecule has 2 aromatic carbocycles. The van der Waals surface area contributed by atoms with Gasteiger partial charge in [-0.15, -0.1) is 0 Å². The first kappa shape index (κ1) is 18.6. The van der Waals surface area contributed by atoms with E-state index in [1.807, 2.05) is 30.3 Å². The van der Waals surface area contributed by atoms with Crippen molar-refractivity contribution in [1.29, 1.82) is 0 Å². The number of aromatic nitrogens is 3. The number of ether oxygens (including phenoxy) is 1. The van der Waals surface area contributed by atoms with Crippen molar-refractivity contribution in [3.8, 4) is 17.0 Å². The molecule has 0 saturated heterocycles. The van der Waals surface area contributed by atoms with Crippen molar-refractivity contribution >= 4 is 23.2 Å². The van der Waals surface area contributed by atoms with E-state index in [2.05, 4.69) is 15.4 Å². The highest BCUT2D eigenvalue weighted by Crippen LogP contribution is 2.27. The molecule has 1 aromatic heterocycles. The highest BCUT2D eigenvalue weighted by Gasteiger charge is 2.19. The maximum absolute atomic E-state index is 12.5. The highest BCUT2D eigenvalue weighted by molar-refractivity contribution is 6.32. The van der Waals surface area contributed by atoms with E-state index in [1.54, 1.807) is 25.1 Å². The molecule has 138 valence electrons. The second kappa shape index (κ2) is 8.01. The van der Waals surface area contributed by atoms with Crippen LogP contribution in [-0.4, -0.2) is 27.8 Å². The van der Waals surface area contributed by atoms with E-state index in [1.165, 1.54) is 13.3 Å². The Morgan fingerprint density at radius 2 is 1.96 bits per heavy atom. The van der Waals surface area contributed by atoms with E-state index in [0.29, 0.717) is 22.2 Å². The number of anilines is 1. The van der Waals surface area contributed by atoms with E-state index >= 15 is 0 Å². The topological polar surface area (TPSA) is 86.1 Å². The van der Waals surface area contributed by atoms with Gasteiger partial charge < -0.3 is 10.1 Å². The predicted octanol–water partition coefficient (Wildman–Crippen LogP) is 3.17. The minimum absolute atomic E-state index is 0.368. The molecular formula is C19H17ClN4O3. The average molecular weight is 385 g/mol. The fourth-order valence-electron chi connectivity index (χ4n) is 2.46. The Kier molecular flexibility index (Phi) is 5.52. The zero-order valence-corrected chi connectivity index (χ0v) is 15.5. The smallest absolute Gasteiger partial charge is 0.365 e. The molecule has 3 rings (SSSR count). The van der Waals surface area contributed by atoms with Crippen molar-refractivity contribution in [3.05, 3.63) is 70.2 Å². The fraction of sp³-hybridized carbons (Fsp3) is 0.158. The molecule has 0 unspecified atom stereocenters. The third-order valence-electron chi connectivity index (χ3n) is 3.95. The summed E-state index contributed by atoms with van der Waals surface area (Å²) in [6.07, 6.45) is 1.46. The summed E-state index contributed by atoms with van der Waals surface area (Å²) in [6.45, 7) is 1.57. The first-order valence-corrected chi connectivity index (χ1v) is 8.53. The van der Waals surface area contributed by atoms with Gasteiger partial charge in [-0.2, -0.15) is 10.1 Å². The molecule has 0 radical (unpaired) electrons. The van der Waals surface area contributed by atoms with Gasteiger partial charge in [-0.3, -0.25) is 4.79 Å². The number of hydrogen-bond donors (Lipinski definition) is 1. The second-order valence-corrected chi connectivity index (χ2v) is 6.16. The highest BCUT2D eigenvalue weighted by atomic mass is 35.5. The SMILES string of the molecule is COc1ccc(NC(=O)[C@@H](C)n2ncc(-c3ccccc3)nc2=O)cc1Cl. The van der Waals surface area contributed by atoms with Crippen molar-refractivity contribution in [2.24, 2.45) is 0 Å². The molecule has 0 aliphatic rings. The number of nitrogens with zero attached hydrogens (tertiary/aromatic N) is 3. The number of amides is 1. The van der Waals surface area contributed by atoms with Gasteiger partial charge in [-0.05, 0) is 25.1 Å². The maximum Gasteiger partial charge on any atom is 0.365 e. The first-order chi connectivity index (χ1) is 13.0. The second-order valence-electron chi connectivity index (χ2n) is 5.75. The largest absolute Gasteiger partial charge is 0.495 e. The molecule has 1 N–H and O–H groups in total. The van der Waals surface area contributed by atoms with Gasteiger partial charge in [0.05, 0.1) is 24.0 Å². The third-order valence-corrected chi connectivity index (χ3v) is 4.25. The molecule has 1 amide bonds. The van der Waals surface area contributed by atoms with E-state index in [9.17, 15) is 9.59 Å². The van der Waals surface area contributed by atoms with Crippen LogP contribution in [-0.2, 0) is 4.79 Å². The van der Waals surface area contributed by atoms with Crippen LogP contribution in [0.4, 0.5) is 5.69 Å². The minimum atomic E-state index is -0.851. The molecule has 0 aliphatic carbocycles. The number of methoxy groups -OCH3 is 1. The van der Waals surface area contributed by atoms with Crippen molar-refractivity contribution < 1.29 is 9.53 Å². The monoisotopic (exact) mass is 384 g/mol. The summed E-state index contributed by atoms with van der Waals surface area (Å²) in [5.74, 6) is 0.0846.